The first kappa shape index (κ1) is 15.5. The van der Waals surface area contributed by atoms with Crippen molar-refractivity contribution in [2.24, 2.45) is 10.9 Å². The molecule has 25 heavy (non-hydrogen) atoms. The van der Waals surface area contributed by atoms with Crippen LogP contribution in [0.4, 0.5) is 0 Å². The van der Waals surface area contributed by atoms with Gasteiger partial charge in [-0.25, -0.2) is 9.79 Å². The van der Waals surface area contributed by atoms with E-state index in [9.17, 15) is 9.59 Å². The number of amides is 1. The molecule has 7 nitrogen and oxygen atoms in total. The molecule has 8 heteroatoms. The Morgan fingerprint density at radius 3 is 2.72 bits per heavy atom. The fourth-order valence-electron chi connectivity index (χ4n) is 2.82. The number of carboxylic acids is 1. The van der Waals surface area contributed by atoms with Crippen LogP contribution in [0.3, 0.4) is 0 Å². The van der Waals surface area contributed by atoms with Gasteiger partial charge in [-0.05, 0) is 36.0 Å². The Balaban J connectivity index is 1.60. The molecule has 0 spiro atoms. The van der Waals surface area contributed by atoms with Crippen LogP contribution in [0, 0.1) is 5.92 Å². The zero-order chi connectivity index (χ0) is 17.6. The Morgan fingerprint density at radius 1 is 1.28 bits per heavy atom. The van der Waals surface area contributed by atoms with Crippen LogP contribution < -0.4 is 0 Å². The van der Waals surface area contributed by atoms with Crippen LogP contribution in [0.2, 0.25) is 0 Å². The van der Waals surface area contributed by atoms with Crippen LogP contribution in [0.5, 0.6) is 0 Å². The third-order valence-corrected chi connectivity index (χ3v) is 4.43. The van der Waals surface area contributed by atoms with Gasteiger partial charge >= 0.3 is 5.97 Å². The number of rotatable bonds is 3. The number of aromatic carboxylic acids is 1. The standard InChI is InChI=1S/C17H12N2O5S/c20-15-11-5-13-14(24-8-23-13)6-12(11)18-17(25)19(15)7-9-1-3-10(4-2-9)16(21)22/h1-6,11H,7-8H2,(H,21,22). The maximum Gasteiger partial charge on any atom is 0.335 e. The molecule has 1 fully saturated rings. The van der Waals surface area contributed by atoms with Gasteiger partial charge in [0, 0.05) is 6.08 Å². The van der Waals surface area contributed by atoms with Crippen LogP contribution in [-0.4, -0.2) is 39.5 Å². The Hall–Kier alpha value is -3.00. The first-order chi connectivity index (χ1) is 12.0. The van der Waals surface area contributed by atoms with Crippen molar-refractivity contribution >= 4 is 34.9 Å². The van der Waals surface area contributed by atoms with E-state index < -0.39 is 11.9 Å². The topological polar surface area (TPSA) is 88.4 Å². The fourth-order valence-corrected chi connectivity index (χ4v) is 3.08. The summed E-state index contributed by atoms with van der Waals surface area (Å²) in [7, 11) is 0. The van der Waals surface area contributed by atoms with Gasteiger partial charge in [-0.2, -0.15) is 0 Å². The number of fused-ring (bicyclic) bond motifs is 2. The normalized spacial score (nSPS) is 21.4. The minimum atomic E-state index is -0.999. The molecule has 1 atom stereocenters. The molecule has 1 saturated heterocycles. The summed E-state index contributed by atoms with van der Waals surface area (Å²) >= 11 is 5.26. The van der Waals surface area contributed by atoms with Gasteiger partial charge in [-0.15, -0.1) is 0 Å². The van der Waals surface area contributed by atoms with Crippen LogP contribution in [-0.2, 0) is 20.8 Å². The third kappa shape index (κ3) is 2.70. The predicted molar refractivity (Wildman–Crippen MR) is 90.7 cm³/mol. The lowest BCUT2D eigenvalue weighted by molar-refractivity contribution is -0.129. The number of allylic oxidation sites excluding steroid dienone is 1. The average Bonchev–Trinajstić information content (AvgIpc) is 3.05. The number of thiocarbonyl (C=S) groups is 1. The van der Waals surface area contributed by atoms with Crippen LogP contribution in [0.1, 0.15) is 15.9 Å². The van der Waals surface area contributed by atoms with E-state index >= 15 is 0 Å². The molecule has 126 valence electrons. The minimum Gasteiger partial charge on any atom is -0.478 e. The van der Waals surface area contributed by atoms with E-state index in [-0.39, 0.29) is 29.9 Å². The highest BCUT2D eigenvalue weighted by molar-refractivity contribution is 7.80. The number of carboxylic acid groups (broad SMARTS) is 1. The molecule has 0 bridgehead atoms. The molecular formula is C17H12N2O5S. The van der Waals surface area contributed by atoms with Crippen LogP contribution >= 0.6 is 12.2 Å². The highest BCUT2D eigenvalue weighted by atomic mass is 32.1. The number of hydrogen-bond acceptors (Lipinski definition) is 5. The predicted octanol–water partition coefficient (Wildman–Crippen LogP) is 1.85. The lowest BCUT2D eigenvalue weighted by atomic mass is 9.93. The third-order valence-electron chi connectivity index (χ3n) is 4.12. The highest BCUT2D eigenvalue weighted by Gasteiger charge is 2.38. The van der Waals surface area contributed by atoms with Gasteiger partial charge in [0.1, 0.15) is 5.92 Å². The Bertz CT molecular complexity index is 885. The summed E-state index contributed by atoms with van der Waals surface area (Å²) in [6, 6.07) is 6.30. The van der Waals surface area contributed by atoms with Gasteiger partial charge in [0.25, 0.3) is 0 Å². The lowest BCUT2D eigenvalue weighted by Gasteiger charge is -2.30. The fraction of sp³-hybridized carbons (Fsp3) is 0.176. The molecule has 1 amide bonds. The number of ether oxygens (including phenoxy) is 2. The molecular weight excluding hydrogens is 344 g/mol. The van der Waals surface area contributed by atoms with E-state index in [1.165, 1.54) is 17.0 Å². The number of aliphatic imine (C=N–C) groups is 1. The van der Waals surface area contributed by atoms with Crippen LogP contribution in [0.15, 0.2) is 52.9 Å². The molecule has 1 aliphatic carbocycles. The lowest BCUT2D eigenvalue weighted by Crippen LogP contribution is -2.45. The monoisotopic (exact) mass is 356 g/mol. The molecule has 1 N–H and O–H groups in total. The molecule has 2 heterocycles. The van der Waals surface area contributed by atoms with Crippen molar-refractivity contribution in [2.45, 2.75) is 6.54 Å². The summed E-state index contributed by atoms with van der Waals surface area (Å²) in [5.74, 6) is -0.666. The van der Waals surface area contributed by atoms with Crippen molar-refractivity contribution in [1.29, 1.82) is 0 Å². The second kappa shape index (κ2) is 5.82. The number of nitrogens with zero attached hydrogens (tertiary/aromatic N) is 2. The van der Waals surface area contributed by atoms with Crippen molar-refractivity contribution in [3.63, 3.8) is 0 Å². The molecule has 0 radical (unpaired) electrons. The minimum absolute atomic E-state index is 0.121. The summed E-state index contributed by atoms with van der Waals surface area (Å²) in [5, 5.41) is 9.12. The van der Waals surface area contributed by atoms with E-state index in [1.54, 1.807) is 24.3 Å². The SMILES string of the molecule is O=C(O)c1ccc(CN2C(=O)C3C=C4OCOC4=CC3=NC2=S)cc1. The van der Waals surface area contributed by atoms with Crippen molar-refractivity contribution in [1.82, 2.24) is 4.90 Å². The Labute approximate surface area is 147 Å². The molecule has 2 aliphatic heterocycles. The Morgan fingerprint density at radius 2 is 2.00 bits per heavy atom. The van der Waals surface area contributed by atoms with E-state index in [1.807, 2.05) is 0 Å². The average molecular weight is 356 g/mol. The molecule has 3 aliphatic rings. The number of benzene rings is 1. The smallest absolute Gasteiger partial charge is 0.335 e. The second-order valence-corrected chi connectivity index (χ2v) is 6.03. The zero-order valence-corrected chi connectivity index (χ0v) is 13.7. The summed E-state index contributed by atoms with van der Waals surface area (Å²) in [6.07, 6.45) is 3.36. The first-order valence-corrected chi connectivity index (χ1v) is 7.89. The van der Waals surface area contributed by atoms with Gasteiger partial charge in [0.05, 0.1) is 17.8 Å². The van der Waals surface area contributed by atoms with E-state index in [0.717, 1.165) is 5.56 Å². The van der Waals surface area contributed by atoms with Crippen molar-refractivity contribution in [2.75, 3.05) is 6.79 Å². The van der Waals surface area contributed by atoms with Crippen molar-refractivity contribution in [3.8, 4) is 0 Å². The van der Waals surface area contributed by atoms with Crippen molar-refractivity contribution < 1.29 is 24.2 Å². The molecule has 4 rings (SSSR count). The van der Waals surface area contributed by atoms with Gasteiger partial charge in [-0.1, -0.05) is 12.1 Å². The van der Waals surface area contributed by atoms with Gasteiger partial charge in [0.2, 0.25) is 17.8 Å². The summed E-state index contributed by atoms with van der Waals surface area (Å²) in [5.41, 5.74) is 1.49. The zero-order valence-electron chi connectivity index (χ0n) is 12.8. The maximum absolute atomic E-state index is 12.8. The molecule has 1 unspecified atom stereocenters. The van der Waals surface area contributed by atoms with Gasteiger partial charge < -0.3 is 14.6 Å². The molecule has 1 aromatic carbocycles. The van der Waals surface area contributed by atoms with Gasteiger partial charge in [-0.3, -0.25) is 9.69 Å². The highest BCUT2D eigenvalue weighted by Crippen LogP contribution is 2.31. The number of carbonyl (C=O) groups is 2. The Kier molecular flexibility index (Phi) is 3.61. The maximum atomic E-state index is 12.8. The largest absolute Gasteiger partial charge is 0.478 e. The van der Waals surface area contributed by atoms with Gasteiger partial charge in [0.15, 0.2) is 11.5 Å². The van der Waals surface area contributed by atoms with E-state index in [4.69, 9.17) is 26.8 Å². The molecule has 1 aromatic rings. The molecule has 0 saturated carbocycles. The molecule has 0 aromatic heterocycles. The summed E-state index contributed by atoms with van der Waals surface area (Å²) in [6.45, 7) is 0.345. The number of hydrogen-bond donors (Lipinski definition) is 1. The van der Waals surface area contributed by atoms with E-state index in [2.05, 4.69) is 4.99 Å². The summed E-state index contributed by atoms with van der Waals surface area (Å²) in [4.78, 5) is 29.5. The first-order valence-electron chi connectivity index (χ1n) is 7.48. The van der Waals surface area contributed by atoms with Crippen LogP contribution in [0.25, 0.3) is 0 Å². The van der Waals surface area contributed by atoms with E-state index in [0.29, 0.717) is 17.2 Å². The quantitative estimate of drug-likeness (QED) is 0.832. The summed E-state index contributed by atoms with van der Waals surface area (Å²) < 4.78 is 10.6. The second-order valence-electron chi connectivity index (χ2n) is 5.67. The number of carbonyl (C=O) groups excluding carboxylic acids is 1. The van der Waals surface area contributed by atoms with Crippen molar-refractivity contribution in [3.05, 3.63) is 59.1 Å².